The Bertz CT molecular complexity index is 341. The van der Waals surface area contributed by atoms with E-state index in [4.69, 9.17) is 0 Å². The Hall–Kier alpha value is -1.14. The van der Waals surface area contributed by atoms with Crippen LogP contribution >= 0.6 is 0 Å². The fourth-order valence-electron chi connectivity index (χ4n) is 2.49. The van der Waals surface area contributed by atoms with Crippen LogP contribution in [0.1, 0.15) is 26.2 Å². The number of piperidine rings is 1. The van der Waals surface area contributed by atoms with Crippen molar-refractivity contribution in [3.8, 4) is 6.07 Å². The standard InChI is InChI=1S/C13H19N3/c1-2-16-9-6-13(11-14,7-10-16)12-5-3-4-8-15-12/h3,5H,2,4,6-10H2,1H3. The minimum atomic E-state index is -0.303. The monoisotopic (exact) mass is 217 g/mol. The summed E-state index contributed by atoms with van der Waals surface area (Å²) >= 11 is 0. The van der Waals surface area contributed by atoms with Gasteiger partial charge in [0.25, 0.3) is 0 Å². The first-order chi connectivity index (χ1) is 7.80. The topological polar surface area (TPSA) is 39.4 Å². The van der Waals surface area contributed by atoms with Crippen LogP contribution in [0.3, 0.4) is 0 Å². The number of nitriles is 1. The van der Waals surface area contributed by atoms with Gasteiger partial charge in [-0.05, 0) is 31.9 Å². The number of likely N-dealkylation sites (tertiary alicyclic amines) is 1. The predicted molar refractivity (Wildman–Crippen MR) is 65.5 cm³/mol. The number of allylic oxidation sites excluding steroid dienone is 1. The summed E-state index contributed by atoms with van der Waals surface area (Å²) in [6, 6.07) is 2.52. The summed E-state index contributed by atoms with van der Waals surface area (Å²) in [5, 5.41) is 9.47. The molecular formula is C13H19N3. The molecule has 1 fully saturated rings. The van der Waals surface area contributed by atoms with Gasteiger partial charge in [0.1, 0.15) is 5.41 Å². The molecule has 0 bridgehead atoms. The summed E-state index contributed by atoms with van der Waals surface area (Å²) in [4.78, 5) is 6.94. The van der Waals surface area contributed by atoms with Crippen molar-refractivity contribution >= 4 is 5.71 Å². The van der Waals surface area contributed by atoms with Gasteiger partial charge in [0, 0.05) is 19.6 Å². The zero-order valence-electron chi connectivity index (χ0n) is 9.95. The van der Waals surface area contributed by atoms with Gasteiger partial charge in [-0.15, -0.1) is 0 Å². The van der Waals surface area contributed by atoms with Crippen molar-refractivity contribution in [2.75, 3.05) is 26.2 Å². The molecule has 0 saturated carbocycles. The van der Waals surface area contributed by atoms with Gasteiger partial charge in [0.2, 0.25) is 0 Å². The average Bonchev–Trinajstić information content (AvgIpc) is 2.40. The maximum absolute atomic E-state index is 9.47. The molecule has 1 saturated heterocycles. The predicted octanol–water partition coefficient (Wildman–Crippen LogP) is 2.01. The Balaban J connectivity index is 2.13. The highest BCUT2D eigenvalue weighted by Crippen LogP contribution is 2.33. The molecule has 3 nitrogen and oxygen atoms in total. The molecule has 86 valence electrons. The normalized spacial score (nSPS) is 24.9. The van der Waals surface area contributed by atoms with Crippen LogP contribution in [-0.2, 0) is 0 Å². The maximum Gasteiger partial charge on any atom is 0.101 e. The fraction of sp³-hybridized carbons (Fsp3) is 0.692. The Morgan fingerprint density at radius 2 is 2.25 bits per heavy atom. The molecule has 0 unspecified atom stereocenters. The van der Waals surface area contributed by atoms with Crippen LogP contribution in [-0.4, -0.2) is 36.8 Å². The molecule has 3 heteroatoms. The molecule has 0 amide bonds. The van der Waals surface area contributed by atoms with Crippen LogP contribution in [0.2, 0.25) is 0 Å². The van der Waals surface area contributed by atoms with Crippen molar-refractivity contribution < 1.29 is 0 Å². The third-order valence-corrected chi connectivity index (χ3v) is 3.71. The van der Waals surface area contributed by atoms with Crippen LogP contribution in [0.25, 0.3) is 0 Å². The second kappa shape index (κ2) is 4.80. The molecule has 2 heterocycles. The van der Waals surface area contributed by atoms with E-state index in [2.05, 4.69) is 35.0 Å². The first-order valence-corrected chi connectivity index (χ1v) is 6.16. The molecule has 0 aliphatic carbocycles. The van der Waals surface area contributed by atoms with Gasteiger partial charge in [-0.25, -0.2) is 0 Å². The molecule has 0 spiro atoms. The lowest BCUT2D eigenvalue weighted by Crippen LogP contribution is -2.43. The number of hydrogen-bond donors (Lipinski definition) is 0. The van der Waals surface area contributed by atoms with Gasteiger partial charge in [0.15, 0.2) is 0 Å². The van der Waals surface area contributed by atoms with E-state index < -0.39 is 0 Å². The van der Waals surface area contributed by atoms with Crippen molar-refractivity contribution in [1.82, 2.24) is 4.90 Å². The zero-order chi connectivity index (χ0) is 11.4. The second-order valence-corrected chi connectivity index (χ2v) is 4.59. The van der Waals surface area contributed by atoms with Gasteiger partial charge in [-0.3, -0.25) is 4.99 Å². The summed E-state index contributed by atoms with van der Waals surface area (Å²) in [7, 11) is 0. The Morgan fingerprint density at radius 3 is 2.75 bits per heavy atom. The molecule has 0 aromatic rings. The maximum atomic E-state index is 9.47. The number of dihydropyridines is 1. The lowest BCUT2D eigenvalue weighted by atomic mass is 9.75. The average molecular weight is 217 g/mol. The van der Waals surface area contributed by atoms with E-state index in [1.165, 1.54) is 0 Å². The third kappa shape index (κ3) is 2.03. The number of nitrogens with zero attached hydrogens (tertiary/aromatic N) is 3. The van der Waals surface area contributed by atoms with Crippen molar-refractivity contribution in [2.24, 2.45) is 10.4 Å². The molecule has 2 aliphatic rings. The largest absolute Gasteiger partial charge is 0.303 e. The molecule has 0 atom stereocenters. The zero-order valence-corrected chi connectivity index (χ0v) is 9.95. The molecule has 0 radical (unpaired) electrons. The van der Waals surface area contributed by atoms with Crippen LogP contribution < -0.4 is 0 Å². The minimum Gasteiger partial charge on any atom is -0.303 e. The lowest BCUT2D eigenvalue weighted by Gasteiger charge is -2.37. The summed E-state index contributed by atoms with van der Waals surface area (Å²) < 4.78 is 0. The highest BCUT2D eigenvalue weighted by Gasteiger charge is 2.38. The van der Waals surface area contributed by atoms with Crippen molar-refractivity contribution in [1.29, 1.82) is 5.26 Å². The Morgan fingerprint density at radius 1 is 1.50 bits per heavy atom. The van der Waals surface area contributed by atoms with E-state index in [1.807, 2.05) is 0 Å². The highest BCUT2D eigenvalue weighted by molar-refractivity contribution is 6.02. The quantitative estimate of drug-likeness (QED) is 0.710. The fourth-order valence-corrected chi connectivity index (χ4v) is 2.49. The van der Waals surface area contributed by atoms with Crippen LogP contribution in [0.5, 0.6) is 0 Å². The van der Waals surface area contributed by atoms with E-state index in [0.717, 1.165) is 51.2 Å². The first-order valence-electron chi connectivity index (χ1n) is 6.16. The molecular weight excluding hydrogens is 198 g/mol. The van der Waals surface area contributed by atoms with Crippen LogP contribution in [0.4, 0.5) is 0 Å². The lowest BCUT2D eigenvalue weighted by molar-refractivity contribution is 0.190. The van der Waals surface area contributed by atoms with Crippen LogP contribution in [0.15, 0.2) is 17.1 Å². The smallest absolute Gasteiger partial charge is 0.101 e. The van der Waals surface area contributed by atoms with E-state index in [1.54, 1.807) is 0 Å². The SMILES string of the molecule is CCN1CCC(C#N)(C2=NCCC=C2)CC1. The van der Waals surface area contributed by atoms with E-state index in [9.17, 15) is 5.26 Å². The van der Waals surface area contributed by atoms with Gasteiger partial charge in [-0.2, -0.15) is 5.26 Å². The molecule has 0 aromatic carbocycles. The Labute approximate surface area is 97.5 Å². The summed E-state index contributed by atoms with van der Waals surface area (Å²) in [5.41, 5.74) is 0.722. The second-order valence-electron chi connectivity index (χ2n) is 4.59. The minimum absolute atomic E-state index is 0.303. The van der Waals surface area contributed by atoms with Gasteiger partial charge < -0.3 is 4.90 Å². The molecule has 2 aliphatic heterocycles. The summed E-state index contributed by atoms with van der Waals surface area (Å²) in [6.45, 7) is 6.17. The number of hydrogen-bond acceptors (Lipinski definition) is 3. The van der Waals surface area contributed by atoms with Crippen molar-refractivity contribution in [3.63, 3.8) is 0 Å². The van der Waals surface area contributed by atoms with Gasteiger partial charge in [0.05, 0.1) is 11.8 Å². The van der Waals surface area contributed by atoms with Gasteiger partial charge >= 0.3 is 0 Å². The molecule has 0 N–H and O–H groups in total. The van der Waals surface area contributed by atoms with Crippen molar-refractivity contribution in [2.45, 2.75) is 26.2 Å². The van der Waals surface area contributed by atoms with Gasteiger partial charge in [-0.1, -0.05) is 13.0 Å². The number of rotatable bonds is 2. The Kier molecular flexibility index (Phi) is 3.40. The van der Waals surface area contributed by atoms with Crippen LogP contribution in [0, 0.1) is 16.7 Å². The number of aliphatic imine (C=N–C) groups is 1. The van der Waals surface area contributed by atoms with E-state index in [0.29, 0.717) is 0 Å². The summed E-state index contributed by atoms with van der Waals surface area (Å²) in [6.07, 6.45) is 7.09. The van der Waals surface area contributed by atoms with E-state index in [-0.39, 0.29) is 5.41 Å². The highest BCUT2D eigenvalue weighted by atomic mass is 15.1. The van der Waals surface area contributed by atoms with E-state index >= 15 is 0 Å². The summed E-state index contributed by atoms with van der Waals surface area (Å²) in [5.74, 6) is 0. The third-order valence-electron chi connectivity index (χ3n) is 3.71. The molecule has 16 heavy (non-hydrogen) atoms. The molecule has 2 rings (SSSR count). The van der Waals surface area contributed by atoms with Crippen molar-refractivity contribution in [3.05, 3.63) is 12.2 Å². The first kappa shape index (κ1) is 11.3. The molecule has 0 aromatic heterocycles.